The van der Waals surface area contributed by atoms with Crippen LogP contribution in [0.3, 0.4) is 0 Å². The van der Waals surface area contributed by atoms with Crippen molar-refractivity contribution >= 4 is 27.9 Å². The molecule has 0 aliphatic heterocycles. The normalized spacial score (nSPS) is 14.8. The highest BCUT2D eigenvalue weighted by molar-refractivity contribution is 9.10. The maximum atomic E-state index is 13.6. The first-order valence-corrected chi connectivity index (χ1v) is 10.6. The summed E-state index contributed by atoms with van der Waals surface area (Å²) in [6.07, 6.45) is 8.21. The minimum Gasteiger partial charge on any atom is -0.480 e. The quantitative estimate of drug-likeness (QED) is 0.235. The van der Waals surface area contributed by atoms with E-state index < -0.39 is 28.4 Å². The van der Waals surface area contributed by atoms with E-state index in [4.69, 9.17) is 10.2 Å². The molecule has 0 aromatic rings. The topological polar surface area (TPSA) is 74.6 Å². The van der Waals surface area contributed by atoms with Crippen LogP contribution in [0.4, 0.5) is 4.39 Å². The number of halogens is 2. The van der Waals surface area contributed by atoms with Gasteiger partial charge >= 0.3 is 11.9 Å². The first-order valence-electron chi connectivity index (χ1n) is 9.65. The molecule has 0 saturated heterocycles. The van der Waals surface area contributed by atoms with Crippen LogP contribution >= 0.6 is 15.9 Å². The summed E-state index contributed by atoms with van der Waals surface area (Å²) in [6, 6.07) is 0. The smallest absolute Gasteiger partial charge is 0.338 e. The molecule has 0 saturated carbocycles. The summed E-state index contributed by atoms with van der Waals surface area (Å²) >= 11 is 3.26. The minimum absolute atomic E-state index is 0.247. The molecule has 0 aliphatic rings. The van der Waals surface area contributed by atoms with Crippen molar-refractivity contribution in [2.45, 2.75) is 103 Å². The summed E-state index contributed by atoms with van der Waals surface area (Å²) in [4.78, 5) is 21.3. The Balaban J connectivity index is 3.69. The number of carboxylic acid groups (broad SMARTS) is 2. The molecule has 0 spiro atoms. The van der Waals surface area contributed by atoms with Crippen LogP contribution in [0.25, 0.3) is 0 Å². The number of hydrogen-bond donors (Lipinski definition) is 2. The molecular weight excluding hydrogens is 403 g/mol. The van der Waals surface area contributed by atoms with Crippen molar-refractivity contribution in [1.82, 2.24) is 0 Å². The molecule has 0 rings (SSSR count). The number of carbonyl (C=O) groups is 2. The van der Waals surface area contributed by atoms with E-state index in [2.05, 4.69) is 15.9 Å². The van der Waals surface area contributed by atoms with Crippen LogP contribution in [-0.4, -0.2) is 33.2 Å². The molecule has 0 heterocycles. The van der Waals surface area contributed by atoms with Crippen molar-refractivity contribution < 1.29 is 24.2 Å². The molecule has 0 aromatic carbocycles. The Morgan fingerprint density at radius 1 is 0.769 bits per heavy atom. The third-order valence-electron chi connectivity index (χ3n) is 5.20. The number of aliphatic carboxylic acids is 2. The van der Waals surface area contributed by atoms with E-state index >= 15 is 0 Å². The fourth-order valence-electron chi connectivity index (χ4n) is 3.14. The van der Waals surface area contributed by atoms with Gasteiger partial charge in [-0.2, -0.15) is 0 Å². The van der Waals surface area contributed by atoms with Crippen LogP contribution in [-0.2, 0) is 9.59 Å². The van der Waals surface area contributed by atoms with E-state index in [1.165, 1.54) is 0 Å². The van der Waals surface area contributed by atoms with Gasteiger partial charge in [-0.05, 0) is 18.3 Å². The van der Waals surface area contributed by atoms with Gasteiger partial charge in [0, 0.05) is 5.41 Å². The van der Waals surface area contributed by atoms with Crippen LogP contribution in [0.1, 0.15) is 91.9 Å². The molecule has 2 N–H and O–H groups in total. The molecule has 2 atom stereocenters. The number of hydrogen-bond acceptors (Lipinski definition) is 2. The van der Waals surface area contributed by atoms with Crippen molar-refractivity contribution in [3.8, 4) is 0 Å². The minimum atomic E-state index is -1.80. The van der Waals surface area contributed by atoms with Gasteiger partial charge in [0.15, 0.2) is 0 Å². The zero-order valence-electron chi connectivity index (χ0n) is 16.7. The van der Waals surface area contributed by atoms with Gasteiger partial charge in [-0.25, -0.2) is 9.18 Å². The van der Waals surface area contributed by atoms with Crippen LogP contribution in [0.5, 0.6) is 0 Å². The number of unbranched alkanes of at least 4 members (excludes halogenated alkanes) is 7. The lowest BCUT2D eigenvalue weighted by Crippen LogP contribution is -2.32. The Kier molecular flexibility index (Phi) is 11.6. The molecule has 26 heavy (non-hydrogen) atoms. The van der Waals surface area contributed by atoms with Gasteiger partial charge in [-0.3, -0.25) is 4.79 Å². The molecule has 154 valence electrons. The third-order valence-corrected chi connectivity index (χ3v) is 6.83. The van der Waals surface area contributed by atoms with Crippen molar-refractivity contribution in [3.05, 3.63) is 0 Å². The third kappa shape index (κ3) is 9.89. The molecular formula is C20H36BrFO4. The fourth-order valence-corrected chi connectivity index (χ4v) is 3.37. The first-order chi connectivity index (χ1) is 11.9. The highest BCUT2D eigenvalue weighted by atomic mass is 79.9. The lowest BCUT2D eigenvalue weighted by molar-refractivity contribution is -0.147. The predicted molar refractivity (Wildman–Crippen MR) is 107 cm³/mol. The van der Waals surface area contributed by atoms with E-state index in [-0.39, 0.29) is 5.41 Å². The highest BCUT2D eigenvalue weighted by Crippen LogP contribution is 2.33. The SMILES string of the molecule is CC(C)(CCCCCCCCCCC(C)(C)[C@@H](F)C(=O)O)[C@H](Br)C(=O)O. The Morgan fingerprint density at radius 2 is 1.12 bits per heavy atom. The second kappa shape index (κ2) is 11.9. The highest BCUT2D eigenvalue weighted by Gasteiger charge is 2.34. The standard InChI is InChI=1S/C20H36BrFO4/c1-19(2,15(21)17(23)24)13-11-9-7-5-6-8-10-12-14-20(3,4)16(22)18(25)26/h15-16H,5-14H2,1-4H3,(H,23,24)(H,25,26)/t15-,16+/m1/s1. The van der Waals surface area contributed by atoms with Crippen molar-refractivity contribution in [2.75, 3.05) is 0 Å². The van der Waals surface area contributed by atoms with Crippen molar-refractivity contribution in [2.24, 2.45) is 10.8 Å². The van der Waals surface area contributed by atoms with Crippen LogP contribution in [0.2, 0.25) is 0 Å². The van der Waals surface area contributed by atoms with E-state index in [1.807, 2.05) is 13.8 Å². The van der Waals surface area contributed by atoms with Crippen LogP contribution in [0.15, 0.2) is 0 Å². The van der Waals surface area contributed by atoms with Gasteiger partial charge in [0.1, 0.15) is 4.83 Å². The lowest BCUT2D eigenvalue weighted by Gasteiger charge is -2.27. The first kappa shape index (κ1) is 25.4. The van der Waals surface area contributed by atoms with Crippen LogP contribution < -0.4 is 0 Å². The zero-order chi connectivity index (χ0) is 20.4. The van der Waals surface area contributed by atoms with Gasteiger partial charge in [-0.15, -0.1) is 0 Å². The number of rotatable bonds is 15. The van der Waals surface area contributed by atoms with Gasteiger partial charge in [0.25, 0.3) is 0 Å². The molecule has 0 aliphatic carbocycles. The summed E-state index contributed by atoms with van der Waals surface area (Å²) in [5.74, 6) is -2.17. The average Bonchev–Trinajstić information content (AvgIpc) is 2.54. The second-order valence-corrected chi connectivity index (χ2v) is 9.62. The Bertz CT molecular complexity index is 398. The molecule has 0 aromatic heterocycles. The summed E-state index contributed by atoms with van der Waals surface area (Å²) in [5.41, 5.74) is -1.05. The van der Waals surface area contributed by atoms with E-state index in [9.17, 15) is 14.0 Å². The summed E-state index contributed by atoms with van der Waals surface area (Å²) in [5, 5.41) is 17.8. The average molecular weight is 439 g/mol. The monoisotopic (exact) mass is 438 g/mol. The second-order valence-electron chi connectivity index (χ2n) is 8.71. The van der Waals surface area contributed by atoms with Gasteiger partial charge in [0.2, 0.25) is 6.17 Å². The zero-order valence-corrected chi connectivity index (χ0v) is 18.3. The number of alkyl halides is 2. The van der Waals surface area contributed by atoms with E-state index in [0.29, 0.717) is 6.42 Å². The Hall–Kier alpha value is -0.650. The predicted octanol–water partition coefficient (Wildman–Crippen LogP) is 6.21. The molecule has 0 radical (unpaired) electrons. The van der Waals surface area contributed by atoms with Crippen LogP contribution in [0, 0.1) is 10.8 Å². The largest absolute Gasteiger partial charge is 0.480 e. The molecule has 0 amide bonds. The maximum Gasteiger partial charge on any atom is 0.338 e. The fraction of sp³-hybridized carbons (Fsp3) is 0.900. The van der Waals surface area contributed by atoms with Gasteiger partial charge in [0.05, 0.1) is 0 Å². The molecule has 4 nitrogen and oxygen atoms in total. The molecule has 0 bridgehead atoms. The van der Waals surface area contributed by atoms with Gasteiger partial charge < -0.3 is 10.2 Å². The Labute approximate surface area is 166 Å². The van der Waals surface area contributed by atoms with Gasteiger partial charge in [-0.1, -0.05) is 95.0 Å². The summed E-state index contributed by atoms with van der Waals surface area (Å²) in [6.45, 7) is 7.31. The molecule has 6 heteroatoms. The molecule has 0 unspecified atom stereocenters. The summed E-state index contributed by atoms with van der Waals surface area (Å²) < 4.78 is 13.6. The van der Waals surface area contributed by atoms with E-state index in [0.717, 1.165) is 57.8 Å². The lowest BCUT2D eigenvalue weighted by atomic mass is 9.82. The Morgan fingerprint density at radius 3 is 1.46 bits per heavy atom. The number of carboxylic acids is 2. The van der Waals surface area contributed by atoms with Crippen molar-refractivity contribution in [1.29, 1.82) is 0 Å². The van der Waals surface area contributed by atoms with E-state index in [1.54, 1.807) is 13.8 Å². The molecule has 0 fully saturated rings. The summed E-state index contributed by atoms with van der Waals surface area (Å²) in [7, 11) is 0. The van der Waals surface area contributed by atoms with Crippen molar-refractivity contribution in [3.63, 3.8) is 0 Å². The maximum absolute atomic E-state index is 13.6.